The maximum atomic E-state index is 12.7. The third-order valence-corrected chi connectivity index (χ3v) is 6.91. The minimum Gasteiger partial charge on any atom is -0.437 e. The van der Waals surface area contributed by atoms with Gasteiger partial charge in [-0.25, -0.2) is 9.97 Å². The van der Waals surface area contributed by atoms with Gasteiger partial charge in [-0.05, 0) is 56.7 Å². The summed E-state index contributed by atoms with van der Waals surface area (Å²) in [5.74, 6) is 1.19. The average molecular weight is 550 g/mol. The fourth-order valence-corrected chi connectivity index (χ4v) is 4.89. The molecule has 8 heteroatoms. The second kappa shape index (κ2) is 13.2. The SMILES string of the molecule is CN(C)CCCCC(=O)Nc1cccc(-c2c(-c3ccccc3)oc3ncnc(N[C@H](CO)c4ccccc4)c23)c1. The molecule has 5 rings (SSSR count). The van der Waals surface area contributed by atoms with Gasteiger partial charge in [-0.3, -0.25) is 4.79 Å². The predicted molar refractivity (Wildman–Crippen MR) is 164 cm³/mol. The molecule has 0 aliphatic heterocycles. The number of rotatable bonds is 12. The van der Waals surface area contributed by atoms with Crippen LogP contribution in [0.5, 0.6) is 0 Å². The first-order valence-electron chi connectivity index (χ1n) is 13.8. The molecule has 0 aliphatic carbocycles. The standard InChI is InChI=1S/C33H35N5O3/c1-38(2)19-10-9-18-28(40)36-26-17-11-16-25(20-26)29-30-32(37-27(21-39)23-12-5-3-6-13-23)34-22-35-33(30)41-31(29)24-14-7-4-8-15-24/h3-8,11-17,20,22,27,39H,9-10,18-19,21H2,1-2H3,(H,36,40)(H,34,35,37)/t27-/m1/s1. The highest BCUT2D eigenvalue weighted by molar-refractivity contribution is 6.06. The topological polar surface area (TPSA) is 104 Å². The number of furan rings is 1. The van der Waals surface area contributed by atoms with E-state index in [1.54, 1.807) is 0 Å². The van der Waals surface area contributed by atoms with Gasteiger partial charge in [0.25, 0.3) is 0 Å². The summed E-state index contributed by atoms with van der Waals surface area (Å²) in [7, 11) is 4.07. The van der Waals surface area contributed by atoms with Gasteiger partial charge >= 0.3 is 0 Å². The van der Waals surface area contributed by atoms with Crippen LogP contribution in [0.25, 0.3) is 33.6 Å². The first kappa shape index (κ1) is 28.0. The van der Waals surface area contributed by atoms with Gasteiger partial charge in [-0.15, -0.1) is 0 Å². The van der Waals surface area contributed by atoms with Crippen molar-refractivity contribution in [2.45, 2.75) is 25.3 Å². The van der Waals surface area contributed by atoms with Gasteiger partial charge in [0.2, 0.25) is 11.6 Å². The fourth-order valence-electron chi connectivity index (χ4n) is 4.89. The van der Waals surface area contributed by atoms with Crippen LogP contribution < -0.4 is 10.6 Å². The van der Waals surface area contributed by atoms with Crippen molar-refractivity contribution in [3.8, 4) is 22.5 Å². The summed E-state index contributed by atoms with van der Waals surface area (Å²) in [5.41, 5.74) is 4.62. The van der Waals surface area contributed by atoms with Crippen molar-refractivity contribution in [3.63, 3.8) is 0 Å². The van der Waals surface area contributed by atoms with Crippen LogP contribution in [0.15, 0.2) is 95.7 Å². The summed E-state index contributed by atoms with van der Waals surface area (Å²) in [6.45, 7) is 0.836. The monoisotopic (exact) mass is 549 g/mol. The Morgan fingerprint density at radius 3 is 2.39 bits per heavy atom. The van der Waals surface area contributed by atoms with E-state index in [0.717, 1.165) is 41.6 Å². The largest absolute Gasteiger partial charge is 0.437 e. The second-order valence-electron chi connectivity index (χ2n) is 10.3. The Morgan fingerprint density at radius 1 is 0.927 bits per heavy atom. The molecular weight excluding hydrogens is 514 g/mol. The lowest BCUT2D eigenvalue weighted by Gasteiger charge is -2.18. The fraction of sp³-hybridized carbons (Fsp3) is 0.242. The minimum absolute atomic E-state index is 0.0134. The molecule has 0 saturated heterocycles. The lowest BCUT2D eigenvalue weighted by atomic mass is 9.98. The molecule has 3 aromatic carbocycles. The molecule has 2 aromatic heterocycles. The molecule has 0 bridgehead atoms. The average Bonchev–Trinajstić information content (AvgIpc) is 3.40. The second-order valence-corrected chi connectivity index (χ2v) is 10.3. The Hall–Kier alpha value is -4.53. The van der Waals surface area contributed by atoms with Crippen molar-refractivity contribution in [2.24, 2.45) is 0 Å². The number of hydrogen-bond acceptors (Lipinski definition) is 7. The molecule has 0 aliphatic rings. The maximum Gasteiger partial charge on any atom is 0.232 e. The van der Waals surface area contributed by atoms with Crippen LogP contribution in [0, 0.1) is 0 Å². The Kier molecular flexibility index (Phi) is 9.03. The molecule has 0 spiro atoms. The van der Waals surface area contributed by atoms with Gasteiger partial charge in [0.15, 0.2) is 0 Å². The molecule has 2 heterocycles. The molecule has 5 aromatic rings. The van der Waals surface area contributed by atoms with Crippen LogP contribution >= 0.6 is 0 Å². The highest BCUT2D eigenvalue weighted by Crippen LogP contribution is 2.43. The van der Waals surface area contributed by atoms with E-state index in [1.165, 1.54) is 6.33 Å². The lowest BCUT2D eigenvalue weighted by molar-refractivity contribution is -0.116. The van der Waals surface area contributed by atoms with Gasteiger partial charge in [-0.1, -0.05) is 72.8 Å². The van der Waals surface area contributed by atoms with E-state index in [4.69, 9.17) is 4.42 Å². The molecule has 0 fully saturated rings. The molecule has 8 nitrogen and oxygen atoms in total. The molecule has 1 atom stereocenters. The van der Waals surface area contributed by atoms with Crippen LogP contribution in [0.3, 0.4) is 0 Å². The molecular formula is C33H35N5O3. The van der Waals surface area contributed by atoms with Crippen molar-refractivity contribution >= 4 is 28.5 Å². The van der Waals surface area contributed by atoms with Crippen molar-refractivity contribution in [2.75, 3.05) is 37.9 Å². The number of nitrogens with zero attached hydrogens (tertiary/aromatic N) is 3. The van der Waals surface area contributed by atoms with Crippen LogP contribution in [0.1, 0.15) is 30.9 Å². The molecule has 3 N–H and O–H groups in total. The number of fused-ring (bicyclic) bond motifs is 1. The highest BCUT2D eigenvalue weighted by Gasteiger charge is 2.24. The van der Waals surface area contributed by atoms with Gasteiger partial charge < -0.3 is 25.1 Å². The van der Waals surface area contributed by atoms with Crippen molar-refractivity contribution < 1.29 is 14.3 Å². The molecule has 41 heavy (non-hydrogen) atoms. The minimum atomic E-state index is -0.379. The summed E-state index contributed by atoms with van der Waals surface area (Å²) in [6.07, 6.45) is 3.72. The summed E-state index contributed by atoms with van der Waals surface area (Å²) in [4.78, 5) is 23.8. The summed E-state index contributed by atoms with van der Waals surface area (Å²) in [5, 5.41) is 17.4. The molecule has 0 saturated carbocycles. The van der Waals surface area contributed by atoms with Crippen LogP contribution in [-0.4, -0.2) is 53.1 Å². The third kappa shape index (κ3) is 6.80. The molecule has 210 valence electrons. The van der Waals surface area contributed by atoms with E-state index in [9.17, 15) is 9.90 Å². The summed E-state index contributed by atoms with van der Waals surface area (Å²) in [6, 6.07) is 27.0. The zero-order valence-corrected chi connectivity index (χ0v) is 23.4. The zero-order valence-electron chi connectivity index (χ0n) is 23.4. The number of amides is 1. The van der Waals surface area contributed by atoms with Crippen LogP contribution in [-0.2, 0) is 4.79 Å². The molecule has 0 unspecified atom stereocenters. The third-order valence-electron chi connectivity index (χ3n) is 6.91. The summed E-state index contributed by atoms with van der Waals surface area (Å²) < 4.78 is 6.36. The van der Waals surface area contributed by atoms with Gasteiger partial charge in [0.05, 0.1) is 18.0 Å². The Bertz CT molecular complexity index is 1590. The number of nitrogens with one attached hydrogen (secondary N) is 2. The lowest BCUT2D eigenvalue weighted by Crippen LogP contribution is -2.16. The Balaban J connectivity index is 1.54. The van der Waals surface area contributed by atoms with E-state index in [1.807, 2.05) is 99.0 Å². The van der Waals surface area contributed by atoms with E-state index >= 15 is 0 Å². The van der Waals surface area contributed by atoms with Gasteiger partial charge in [0.1, 0.15) is 17.9 Å². The van der Waals surface area contributed by atoms with E-state index < -0.39 is 0 Å². The Labute approximate surface area is 240 Å². The first-order chi connectivity index (χ1) is 20.0. The zero-order chi connectivity index (χ0) is 28.6. The van der Waals surface area contributed by atoms with E-state index in [0.29, 0.717) is 34.8 Å². The van der Waals surface area contributed by atoms with Crippen LogP contribution in [0.4, 0.5) is 11.5 Å². The van der Waals surface area contributed by atoms with Gasteiger partial charge in [-0.2, -0.15) is 0 Å². The van der Waals surface area contributed by atoms with E-state index in [-0.39, 0.29) is 18.6 Å². The van der Waals surface area contributed by atoms with Crippen molar-refractivity contribution in [1.29, 1.82) is 0 Å². The number of aliphatic hydroxyl groups is 1. The normalized spacial score (nSPS) is 12.0. The molecule has 1 amide bonds. The van der Waals surface area contributed by atoms with Crippen LogP contribution in [0.2, 0.25) is 0 Å². The number of hydrogen-bond donors (Lipinski definition) is 3. The predicted octanol–water partition coefficient (Wildman–Crippen LogP) is 6.37. The maximum absolute atomic E-state index is 12.7. The highest BCUT2D eigenvalue weighted by atomic mass is 16.3. The van der Waals surface area contributed by atoms with Gasteiger partial charge in [0, 0.05) is 23.2 Å². The number of carbonyl (C=O) groups excluding carboxylic acids is 1. The quantitative estimate of drug-likeness (QED) is 0.155. The smallest absolute Gasteiger partial charge is 0.232 e. The Morgan fingerprint density at radius 2 is 1.66 bits per heavy atom. The number of aromatic nitrogens is 2. The van der Waals surface area contributed by atoms with Crippen molar-refractivity contribution in [1.82, 2.24) is 14.9 Å². The van der Waals surface area contributed by atoms with Crippen molar-refractivity contribution in [3.05, 3.63) is 96.8 Å². The first-order valence-corrected chi connectivity index (χ1v) is 13.8. The summed E-state index contributed by atoms with van der Waals surface area (Å²) >= 11 is 0. The number of unbranched alkanes of at least 4 members (excludes halogenated alkanes) is 1. The molecule has 0 radical (unpaired) electrons. The number of carbonyl (C=O) groups is 1. The number of benzene rings is 3. The number of aliphatic hydroxyl groups excluding tert-OH is 1. The van der Waals surface area contributed by atoms with E-state index in [2.05, 4.69) is 25.5 Å². The number of anilines is 2.